The van der Waals surface area contributed by atoms with Crippen molar-refractivity contribution in [3.8, 4) is 0 Å². The lowest BCUT2D eigenvalue weighted by atomic mass is 10.7. The van der Waals surface area contributed by atoms with Crippen LogP contribution in [0, 0.1) is 6.20 Å². The standard InChI is InChI=1S/C5H5N2S/c1-8-5-2-6-4-7-3-5/h2,4H,1H3. The van der Waals surface area contributed by atoms with E-state index in [0.29, 0.717) is 0 Å². The molecule has 1 rings (SSSR count). The Balaban J connectivity index is 2.83. The van der Waals surface area contributed by atoms with Crippen molar-refractivity contribution in [1.29, 1.82) is 0 Å². The van der Waals surface area contributed by atoms with Gasteiger partial charge < -0.3 is 0 Å². The zero-order chi connectivity index (χ0) is 5.82. The van der Waals surface area contributed by atoms with Gasteiger partial charge in [0, 0.05) is 6.20 Å². The molecule has 8 heavy (non-hydrogen) atoms. The van der Waals surface area contributed by atoms with Crippen molar-refractivity contribution in [3.63, 3.8) is 0 Å². The van der Waals surface area contributed by atoms with Gasteiger partial charge in [-0.25, -0.2) is 9.97 Å². The Hall–Kier alpha value is -0.570. The largest absolute Gasteiger partial charge is 0.244 e. The van der Waals surface area contributed by atoms with Crippen molar-refractivity contribution in [2.24, 2.45) is 0 Å². The number of thioether (sulfide) groups is 1. The first kappa shape index (κ1) is 5.56. The molecule has 0 amide bonds. The molecular formula is C5H5N2S. The van der Waals surface area contributed by atoms with Crippen LogP contribution in [-0.4, -0.2) is 16.2 Å². The average Bonchev–Trinajstić information content (AvgIpc) is 1.90. The summed E-state index contributed by atoms with van der Waals surface area (Å²) >= 11 is 1.59. The summed E-state index contributed by atoms with van der Waals surface area (Å²) < 4.78 is 0. The monoisotopic (exact) mass is 125 g/mol. The molecule has 0 N–H and O–H groups in total. The Morgan fingerprint density at radius 2 is 2.62 bits per heavy atom. The molecule has 1 aromatic heterocycles. The number of aromatic nitrogens is 2. The van der Waals surface area contributed by atoms with Gasteiger partial charge in [0.15, 0.2) is 0 Å². The predicted molar refractivity (Wildman–Crippen MR) is 32.6 cm³/mol. The number of hydrogen-bond acceptors (Lipinski definition) is 3. The molecule has 1 aromatic rings. The van der Waals surface area contributed by atoms with E-state index in [1.807, 2.05) is 6.26 Å². The molecule has 0 bridgehead atoms. The van der Waals surface area contributed by atoms with Crippen LogP contribution in [0.1, 0.15) is 0 Å². The Labute approximate surface area is 52.4 Å². The Bertz CT molecular complexity index is 152. The first-order valence-electron chi connectivity index (χ1n) is 2.15. The maximum atomic E-state index is 3.79. The lowest BCUT2D eigenvalue weighted by molar-refractivity contribution is 1.09. The molecule has 3 heteroatoms. The van der Waals surface area contributed by atoms with E-state index in [1.54, 1.807) is 18.0 Å². The van der Waals surface area contributed by atoms with E-state index in [4.69, 9.17) is 0 Å². The highest BCUT2D eigenvalue weighted by molar-refractivity contribution is 7.98. The Morgan fingerprint density at radius 3 is 3.00 bits per heavy atom. The van der Waals surface area contributed by atoms with Crippen LogP contribution in [0.5, 0.6) is 0 Å². The summed E-state index contributed by atoms with van der Waals surface area (Å²) in [6, 6.07) is 0. The molecule has 0 saturated carbocycles. The van der Waals surface area contributed by atoms with Crippen LogP contribution in [0.15, 0.2) is 17.4 Å². The smallest absolute Gasteiger partial charge is 0.116 e. The molecule has 0 aliphatic rings. The Kier molecular flexibility index (Phi) is 1.86. The van der Waals surface area contributed by atoms with E-state index in [2.05, 4.69) is 16.2 Å². The first-order valence-corrected chi connectivity index (χ1v) is 3.37. The summed E-state index contributed by atoms with van der Waals surface area (Å²) in [4.78, 5) is 8.47. The topological polar surface area (TPSA) is 25.8 Å². The summed E-state index contributed by atoms with van der Waals surface area (Å²) in [6.45, 7) is 0. The highest BCUT2D eigenvalue weighted by atomic mass is 32.2. The molecule has 0 aliphatic heterocycles. The molecular weight excluding hydrogens is 120 g/mol. The fourth-order valence-corrected chi connectivity index (χ4v) is 0.664. The van der Waals surface area contributed by atoms with Crippen molar-refractivity contribution < 1.29 is 0 Å². The SMILES string of the molecule is CSc1[c]ncnc1. The third-order valence-electron chi connectivity index (χ3n) is 0.711. The van der Waals surface area contributed by atoms with Gasteiger partial charge in [0.05, 0.1) is 4.90 Å². The Morgan fingerprint density at radius 1 is 1.75 bits per heavy atom. The summed E-state index contributed by atoms with van der Waals surface area (Å²) in [5.41, 5.74) is 0. The molecule has 0 unspecified atom stereocenters. The molecule has 0 saturated heterocycles. The third-order valence-corrected chi connectivity index (χ3v) is 1.35. The van der Waals surface area contributed by atoms with Crippen LogP contribution in [-0.2, 0) is 0 Å². The van der Waals surface area contributed by atoms with Crippen LogP contribution in [0.4, 0.5) is 0 Å². The molecule has 0 aliphatic carbocycles. The second-order valence-electron chi connectivity index (χ2n) is 1.20. The van der Waals surface area contributed by atoms with E-state index in [0.717, 1.165) is 4.90 Å². The zero-order valence-electron chi connectivity index (χ0n) is 4.46. The molecule has 1 heterocycles. The average molecular weight is 125 g/mol. The van der Waals surface area contributed by atoms with Gasteiger partial charge in [0.2, 0.25) is 0 Å². The van der Waals surface area contributed by atoms with Crippen molar-refractivity contribution >= 4 is 11.8 Å². The van der Waals surface area contributed by atoms with E-state index >= 15 is 0 Å². The lowest BCUT2D eigenvalue weighted by Gasteiger charge is -1.86. The van der Waals surface area contributed by atoms with Crippen LogP contribution in [0.3, 0.4) is 0 Å². The van der Waals surface area contributed by atoms with Crippen LogP contribution < -0.4 is 0 Å². The number of rotatable bonds is 1. The second-order valence-corrected chi connectivity index (χ2v) is 2.05. The highest BCUT2D eigenvalue weighted by Gasteiger charge is 1.84. The summed E-state index contributed by atoms with van der Waals surface area (Å²) in [5, 5.41) is 0. The molecule has 0 aromatic carbocycles. The lowest BCUT2D eigenvalue weighted by Crippen LogP contribution is -1.75. The fourth-order valence-electron chi connectivity index (χ4n) is 0.354. The van der Waals surface area contributed by atoms with E-state index in [9.17, 15) is 0 Å². The number of hydrogen-bond donors (Lipinski definition) is 0. The third kappa shape index (κ3) is 1.20. The highest BCUT2D eigenvalue weighted by Crippen LogP contribution is 2.07. The fraction of sp³-hybridized carbons (Fsp3) is 0.200. The van der Waals surface area contributed by atoms with Gasteiger partial charge in [-0.05, 0) is 6.26 Å². The van der Waals surface area contributed by atoms with Crippen LogP contribution >= 0.6 is 11.8 Å². The normalized spacial score (nSPS) is 9.12. The molecule has 2 nitrogen and oxygen atoms in total. The minimum absolute atomic E-state index is 0.979. The van der Waals surface area contributed by atoms with Crippen molar-refractivity contribution in [2.45, 2.75) is 4.90 Å². The quantitative estimate of drug-likeness (QED) is 0.524. The first-order chi connectivity index (χ1) is 3.93. The predicted octanol–water partition coefficient (Wildman–Crippen LogP) is 0.999. The molecule has 0 spiro atoms. The van der Waals surface area contributed by atoms with E-state index in [-0.39, 0.29) is 0 Å². The van der Waals surface area contributed by atoms with Gasteiger partial charge in [-0.1, -0.05) is 0 Å². The van der Waals surface area contributed by atoms with Gasteiger partial charge in [-0.2, -0.15) is 0 Å². The summed E-state index contributed by atoms with van der Waals surface area (Å²) in [5.74, 6) is 0. The maximum Gasteiger partial charge on any atom is 0.116 e. The van der Waals surface area contributed by atoms with Crippen molar-refractivity contribution in [1.82, 2.24) is 9.97 Å². The van der Waals surface area contributed by atoms with Gasteiger partial charge >= 0.3 is 0 Å². The van der Waals surface area contributed by atoms with Gasteiger partial charge in [0.1, 0.15) is 12.5 Å². The maximum absolute atomic E-state index is 3.79. The van der Waals surface area contributed by atoms with E-state index in [1.165, 1.54) is 6.33 Å². The summed E-state index contributed by atoms with van der Waals surface area (Å²) in [6.07, 6.45) is 7.94. The van der Waals surface area contributed by atoms with Crippen molar-refractivity contribution in [3.05, 3.63) is 18.7 Å². The second kappa shape index (κ2) is 2.67. The van der Waals surface area contributed by atoms with Crippen molar-refractivity contribution in [2.75, 3.05) is 6.26 Å². The zero-order valence-corrected chi connectivity index (χ0v) is 5.27. The summed E-state index contributed by atoms with van der Waals surface area (Å²) in [7, 11) is 0. The molecule has 41 valence electrons. The van der Waals surface area contributed by atoms with Crippen LogP contribution in [0.25, 0.3) is 0 Å². The minimum atomic E-state index is 0.979. The van der Waals surface area contributed by atoms with Gasteiger partial charge in [-0.15, -0.1) is 11.8 Å². The minimum Gasteiger partial charge on any atom is -0.244 e. The number of nitrogens with zero attached hydrogens (tertiary/aromatic N) is 2. The molecule has 1 radical (unpaired) electrons. The molecule has 0 atom stereocenters. The van der Waals surface area contributed by atoms with Gasteiger partial charge in [-0.3, -0.25) is 0 Å². The van der Waals surface area contributed by atoms with Gasteiger partial charge in [0.25, 0.3) is 0 Å². The molecule has 0 fully saturated rings. The van der Waals surface area contributed by atoms with Crippen LogP contribution in [0.2, 0.25) is 0 Å². The van der Waals surface area contributed by atoms with E-state index < -0.39 is 0 Å².